The Kier molecular flexibility index (Phi) is 5.62. The van der Waals surface area contributed by atoms with E-state index in [4.69, 9.17) is 0 Å². The van der Waals surface area contributed by atoms with Crippen molar-refractivity contribution >= 4 is 11.3 Å². The molecule has 1 aromatic heterocycles. The summed E-state index contributed by atoms with van der Waals surface area (Å²) < 4.78 is 0. The lowest BCUT2D eigenvalue weighted by Crippen LogP contribution is -2.16. The monoisotopic (exact) mass is 273 g/mol. The minimum absolute atomic E-state index is 0.479. The third-order valence-electron chi connectivity index (χ3n) is 3.53. The Labute approximate surface area is 120 Å². The van der Waals surface area contributed by atoms with Crippen LogP contribution >= 0.6 is 11.3 Å². The van der Waals surface area contributed by atoms with Gasteiger partial charge in [0, 0.05) is 15.8 Å². The van der Waals surface area contributed by atoms with Crippen molar-refractivity contribution in [2.24, 2.45) is 0 Å². The Morgan fingerprint density at radius 2 is 1.79 bits per heavy atom. The quantitative estimate of drug-likeness (QED) is 0.777. The summed E-state index contributed by atoms with van der Waals surface area (Å²) in [6, 6.07) is 15.8. The Morgan fingerprint density at radius 1 is 1.05 bits per heavy atom. The van der Waals surface area contributed by atoms with Crippen molar-refractivity contribution in [2.45, 2.75) is 38.6 Å². The van der Waals surface area contributed by atoms with Crippen LogP contribution in [0.4, 0.5) is 0 Å². The van der Waals surface area contributed by atoms with Gasteiger partial charge < -0.3 is 5.32 Å². The molecule has 2 aromatic rings. The van der Waals surface area contributed by atoms with Crippen molar-refractivity contribution in [3.63, 3.8) is 0 Å². The number of rotatable bonds is 7. The maximum absolute atomic E-state index is 3.42. The smallest absolute Gasteiger partial charge is 0.0317 e. The van der Waals surface area contributed by atoms with Gasteiger partial charge in [0.1, 0.15) is 0 Å². The van der Waals surface area contributed by atoms with Gasteiger partial charge in [0.15, 0.2) is 0 Å². The summed E-state index contributed by atoms with van der Waals surface area (Å²) in [7, 11) is 2.05. The predicted octanol–water partition coefficient (Wildman–Crippen LogP) is 4.59. The van der Waals surface area contributed by atoms with Crippen molar-refractivity contribution < 1.29 is 0 Å². The molecule has 0 bridgehead atoms. The summed E-state index contributed by atoms with van der Waals surface area (Å²) in [6.45, 7) is 2.22. The second-order valence-corrected chi connectivity index (χ2v) is 6.12. The predicted molar refractivity (Wildman–Crippen MR) is 84.9 cm³/mol. The van der Waals surface area contributed by atoms with E-state index >= 15 is 0 Å². The number of benzene rings is 1. The van der Waals surface area contributed by atoms with Crippen molar-refractivity contribution in [1.82, 2.24) is 5.32 Å². The Bertz CT molecular complexity index is 475. The highest BCUT2D eigenvalue weighted by Crippen LogP contribution is 2.22. The highest BCUT2D eigenvalue weighted by Gasteiger charge is 2.08. The molecule has 0 spiro atoms. The van der Waals surface area contributed by atoms with E-state index in [1.807, 2.05) is 11.3 Å². The maximum Gasteiger partial charge on any atom is 0.0317 e. The Hall–Kier alpha value is -1.12. The highest BCUT2D eigenvalue weighted by molar-refractivity contribution is 7.11. The van der Waals surface area contributed by atoms with Crippen LogP contribution < -0.4 is 5.32 Å². The zero-order valence-electron chi connectivity index (χ0n) is 11.9. The number of nitrogens with one attached hydrogen (secondary N) is 1. The molecule has 19 heavy (non-hydrogen) atoms. The van der Waals surface area contributed by atoms with Crippen LogP contribution in [0.2, 0.25) is 0 Å². The first-order chi connectivity index (χ1) is 9.33. The molecule has 1 unspecified atom stereocenters. The third kappa shape index (κ3) is 4.19. The summed E-state index contributed by atoms with van der Waals surface area (Å²) in [5.41, 5.74) is 1.39. The highest BCUT2D eigenvalue weighted by atomic mass is 32.1. The fraction of sp³-hybridized carbons (Fsp3) is 0.412. The maximum atomic E-state index is 3.42. The molecule has 2 heteroatoms. The van der Waals surface area contributed by atoms with Gasteiger partial charge in [-0.2, -0.15) is 0 Å². The van der Waals surface area contributed by atoms with E-state index in [1.54, 1.807) is 0 Å². The van der Waals surface area contributed by atoms with Gasteiger partial charge in [-0.15, -0.1) is 11.3 Å². The second kappa shape index (κ2) is 7.46. The first-order valence-corrected chi connectivity index (χ1v) is 7.95. The number of hydrogen-bond acceptors (Lipinski definition) is 2. The minimum Gasteiger partial charge on any atom is -0.313 e. The molecule has 0 fully saturated rings. The molecule has 0 saturated carbocycles. The molecule has 1 N–H and O–H groups in total. The van der Waals surface area contributed by atoms with E-state index in [1.165, 1.54) is 34.6 Å². The van der Waals surface area contributed by atoms with Crippen LogP contribution in [0.5, 0.6) is 0 Å². The molecule has 0 aliphatic heterocycles. The lowest BCUT2D eigenvalue weighted by atomic mass is 10.0. The summed E-state index contributed by atoms with van der Waals surface area (Å²) in [4.78, 5) is 3.03. The molecule has 0 saturated heterocycles. The second-order valence-electron chi connectivity index (χ2n) is 4.87. The Morgan fingerprint density at radius 3 is 2.42 bits per heavy atom. The van der Waals surface area contributed by atoms with Crippen LogP contribution in [0.15, 0.2) is 42.5 Å². The molecule has 0 amide bonds. The van der Waals surface area contributed by atoms with E-state index in [0.717, 1.165) is 6.42 Å². The zero-order valence-corrected chi connectivity index (χ0v) is 12.7. The van der Waals surface area contributed by atoms with Gasteiger partial charge in [0.05, 0.1) is 0 Å². The van der Waals surface area contributed by atoms with Gasteiger partial charge in [-0.25, -0.2) is 0 Å². The molecule has 102 valence electrons. The molecule has 1 nitrogen and oxygen atoms in total. The van der Waals surface area contributed by atoms with Crippen LogP contribution in [-0.4, -0.2) is 7.05 Å². The molecule has 1 aromatic carbocycles. The average Bonchev–Trinajstić information content (AvgIpc) is 2.92. The molecule has 0 radical (unpaired) electrons. The molecule has 2 rings (SSSR count). The van der Waals surface area contributed by atoms with Crippen molar-refractivity contribution in [2.75, 3.05) is 7.05 Å². The van der Waals surface area contributed by atoms with Crippen molar-refractivity contribution in [3.05, 3.63) is 57.8 Å². The fourth-order valence-corrected chi connectivity index (χ4v) is 3.39. The largest absolute Gasteiger partial charge is 0.313 e. The average molecular weight is 273 g/mol. The van der Waals surface area contributed by atoms with Crippen LogP contribution in [-0.2, 0) is 12.8 Å². The number of hydrogen-bond donors (Lipinski definition) is 1. The SMILES string of the molecule is CCc1ccc(CCCC(NC)c2ccccc2)s1. The fourth-order valence-electron chi connectivity index (χ4n) is 2.39. The van der Waals surface area contributed by atoms with E-state index in [-0.39, 0.29) is 0 Å². The molecule has 1 atom stereocenters. The first kappa shape index (κ1) is 14.3. The molecule has 0 aliphatic carbocycles. The van der Waals surface area contributed by atoms with Crippen LogP contribution in [0.3, 0.4) is 0 Å². The van der Waals surface area contributed by atoms with Gasteiger partial charge in [0.2, 0.25) is 0 Å². The van der Waals surface area contributed by atoms with Crippen molar-refractivity contribution in [3.8, 4) is 0 Å². The van der Waals surface area contributed by atoms with Gasteiger partial charge in [-0.1, -0.05) is 37.3 Å². The van der Waals surface area contributed by atoms with Crippen molar-refractivity contribution in [1.29, 1.82) is 0 Å². The van der Waals surface area contributed by atoms with Crippen LogP contribution in [0.1, 0.15) is 41.1 Å². The summed E-state index contributed by atoms with van der Waals surface area (Å²) >= 11 is 1.97. The standard InChI is InChI=1S/C17H23NS/c1-3-15-12-13-16(19-15)10-7-11-17(18-2)14-8-5-4-6-9-14/h4-6,8-9,12-13,17-18H,3,7,10-11H2,1-2H3. The van der Waals surface area contributed by atoms with E-state index in [0.29, 0.717) is 6.04 Å². The van der Waals surface area contributed by atoms with Gasteiger partial charge in [-0.3, -0.25) is 0 Å². The zero-order chi connectivity index (χ0) is 13.5. The first-order valence-electron chi connectivity index (χ1n) is 7.13. The van der Waals surface area contributed by atoms with E-state index in [2.05, 4.69) is 61.8 Å². The molecule has 1 heterocycles. The van der Waals surface area contributed by atoms with E-state index < -0.39 is 0 Å². The topological polar surface area (TPSA) is 12.0 Å². The van der Waals surface area contributed by atoms with Gasteiger partial charge in [-0.05, 0) is 50.4 Å². The minimum atomic E-state index is 0.479. The summed E-state index contributed by atoms with van der Waals surface area (Å²) in [6.07, 6.45) is 4.80. The lowest BCUT2D eigenvalue weighted by Gasteiger charge is -2.16. The Balaban J connectivity index is 1.83. The summed E-state index contributed by atoms with van der Waals surface area (Å²) in [5.74, 6) is 0. The van der Waals surface area contributed by atoms with E-state index in [9.17, 15) is 0 Å². The normalized spacial score (nSPS) is 12.5. The van der Waals surface area contributed by atoms with Gasteiger partial charge in [0.25, 0.3) is 0 Å². The van der Waals surface area contributed by atoms with Gasteiger partial charge >= 0.3 is 0 Å². The molecule has 0 aliphatic rings. The van der Waals surface area contributed by atoms with Crippen LogP contribution in [0, 0.1) is 0 Å². The number of thiophene rings is 1. The number of aryl methyl sites for hydroxylation is 2. The van der Waals surface area contributed by atoms with Crippen LogP contribution in [0.25, 0.3) is 0 Å². The third-order valence-corrected chi connectivity index (χ3v) is 4.82. The molecular weight excluding hydrogens is 250 g/mol. The lowest BCUT2D eigenvalue weighted by molar-refractivity contribution is 0.528. The molecular formula is C17H23NS. The summed E-state index contributed by atoms with van der Waals surface area (Å²) in [5, 5.41) is 3.42.